The number of benzene rings is 3. The van der Waals surface area contributed by atoms with Crippen molar-refractivity contribution in [3.63, 3.8) is 0 Å². The molecule has 192 valence electrons. The summed E-state index contributed by atoms with van der Waals surface area (Å²) in [6.45, 7) is 8.64. The number of nitrogens with zero attached hydrogens (tertiary/aromatic N) is 5. The van der Waals surface area contributed by atoms with Gasteiger partial charge in [0.15, 0.2) is 0 Å². The van der Waals surface area contributed by atoms with Crippen molar-refractivity contribution in [3.05, 3.63) is 107 Å². The van der Waals surface area contributed by atoms with Gasteiger partial charge in [-0.1, -0.05) is 72.3 Å². The molecule has 4 aromatic rings. The second-order valence-corrected chi connectivity index (χ2v) is 10.5. The van der Waals surface area contributed by atoms with Crippen LogP contribution in [0.5, 0.6) is 0 Å². The quantitative estimate of drug-likeness (QED) is 0.360. The highest BCUT2D eigenvalue weighted by Gasteiger charge is 2.42. The van der Waals surface area contributed by atoms with Crippen molar-refractivity contribution in [3.8, 4) is 0 Å². The van der Waals surface area contributed by atoms with Gasteiger partial charge in [-0.15, -0.1) is 0 Å². The van der Waals surface area contributed by atoms with Crippen molar-refractivity contribution < 1.29 is 4.79 Å². The second-order valence-electron chi connectivity index (χ2n) is 10.5. The molecule has 0 radical (unpaired) electrons. The molecule has 0 aliphatic carbocycles. The van der Waals surface area contributed by atoms with Crippen LogP contribution < -0.4 is 4.90 Å². The average molecular weight is 504 g/mol. The molecule has 0 amide bonds. The van der Waals surface area contributed by atoms with Crippen LogP contribution in [0.4, 0.5) is 5.82 Å². The lowest BCUT2D eigenvalue weighted by atomic mass is 9.92. The van der Waals surface area contributed by atoms with Crippen molar-refractivity contribution in [2.24, 2.45) is 0 Å². The number of anilines is 1. The Bertz CT molecular complexity index is 1560. The van der Waals surface area contributed by atoms with Gasteiger partial charge >= 0.3 is 0 Å². The van der Waals surface area contributed by atoms with Crippen molar-refractivity contribution in [1.82, 2.24) is 19.4 Å². The van der Waals surface area contributed by atoms with Gasteiger partial charge in [0.2, 0.25) is 0 Å². The van der Waals surface area contributed by atoms with E-state index >= 15 is 0 Å². The van der Waals surface area contributed by atoms with Crippen LogP contribution >= 0.6 is 0 Å². The average Bonchev–Trinajstić information content (AvgIpc) is 3.49. The number of carbonyl (C=O) groups excluding carboxylic acids is 1. The van der Waals surface area contributed by atoms with E-state index in [1.807, 2.05) is 12.5 Å². The number of likely N-dealkylation sites (N-methyl/N-ethyl adjacent to an activating group) is 1. The van der Waals surface area contributed by atoms with E-state index in [1.54, 1.807) is 0 Å². The number of hydrogen-bond acceptors (Lipinski definition) is 5. The highest BCUT2D eigenvalue weighted by molar-refractivity contribution is 6.00. The molecule has 1 fully saturated rings. The maximum absolute atomic E-state index is 12.8. The largest absolute Gasteiger partial charge is 0.312 e. The summed E-state index contributed by atoms with van der Waals surface area (Å²) in [4.78, 5) is 24.2. The summed E-state index contributed by atoms with van der Waals surface area (Å²) in [6.07, 6.45) is 3.72. The van der Waals surface area contributed by atoms with E-state index in [9.17, 15) is 4.79 Å². The molecule has 0 saturated carbocycles. The number of allylic oxidation sites excluding steroid dienone is 1. The third kappa shape index (κ3) is 4.27. The van der Waals surface area contributed by atoms with Gasteiger partial charge in [-0.25, -0.2) is 9.78 Å². The molecule has 3 heterocycles. The molecule has 0 bridgehead atoms. The van der Waals surface area contributed by atoms with Crippen molar-refractivity contribution in [2.75, 3.05) is 38.1 Å². The van der Waals surface area contributed by atoms with Crippen LogP contribution in [0.2, 0.25) is 0 Å². The Morgan fingerprint density at radius 3 is 2.50 bits per heavy atom. The molecule has 0 N–H and O–H groups in total. The summed E-state index contributed by atoms with van der Waals surface area (Å²) in [5.74, 6) is 3.28. The van der Waals surface area contributed by atoms with Crippen LogP contribution in [-0.4, -0.2) is 64.6 Å². The molecule has 6 nitrogen and oxygen atoms in total. The molecule has 3 aromatic carbocycles. The van der Waals surface area contributed by atoms with E-state index in [0.29, 0.717) is 12.2 Å². The molecule has 2 aliphatic rings. The van der Waals surface area contributed by atoms with Crippen LogP contribution in [0.15, 0.2) is 90.6 Å². The molecule has 6 heteroatoms. The Morgan fingerprint density at radius 1 is 0.947 bits per heavy atom. The monoisotopic (exact) mass is 503 g/mol. The van der Waals surface area contributed by atoms with Crippen LogP contribution in [0, 0.1) is 6.92 Å². The van der Waals surface area contributed by atoms with Gasteiger partial charge in [0.05, 0.1) is 25.1 Å². The number of hydrogen-bond donors (Lipinski definition) is 0. The fourth-order valence-electron chi connectivity index (χ4n) is 6.02. The fraction of sp³-hybridized carbons (Fsp3) is 0.281. The zero-order valence-corrected chi connectivity index (χ0v) is 22.3. The standard InChI is InChI=1S/C32H33N5O/c1-23-8-6-9-25(18-23)20-36-22-33-19-30(36)37-24(2)31(28-13-7-11-26-10-4-5-12-27(26)28)32(29(37)21-38)35-16-14-34(3)15-17-35/h4-13,18-19,22,32H,14-17,20H2,1-3H3. The topological polar surface area (TPSA) is 44.6 Å². The first-order chi connectivity index (χ1) is 18.5. The number of rotatable bonds is 5. The molecule has 0 spiro atoms. The first kappa shape index (κ1) is 24.4. The number of piperazine rings is 1. The normalized spacial score (nSPS) is 19.0. The smallest absolute Gasteiger partial charge is 0.148 e. The van der Waals surface area contributed by atoms with Crippen molar-refractivity contribution in [1.29, 1.82) is 0 Å². The van der Waals surface area contributed by atoms with Crippen molar-refractivity contribution in [2.45, 2.75) is 26.4 Å². The predicted molar refractivity (Wildman–Crippen MR) is 154 cm³/mol. The minimum absolute atomic E-state index is 0.172. The molecular weight excluding hydrogens is 470 g/mol. The van der Waals surface area contributed by atoms with Crippen LogP contribution in [-0.2, 0) is 11.3 Å². The molecular formula is C32H33N5O. The molecule has 1 aromatic heterocycles. The highest BCUT2D eigenvalue weighted by atomic mass is 16.1. The molecule has 1 saturated heterocycles. The Morgan fingerprint density at radius 2 is 1.71 bits per heavy atom. The van der Waals surface area contributed by atoms with E-state index in [4.69, 9.17) is 0 Å². The van der Waals surface area contributed by atoms with Gasteiger partial charge in [-0.3, -0.25) is 9.80 Å². The maximum Gasteiger partial charge on any atom is 0.148 e. The summed E-state index contributed by atoms with van der Waals surface area (Å²) in [5, 5.41) is 2.39. The van der Waals surface area contributed by atoms with Gasteiger partial charge in [0.25, 0.3) is 0 Å². The lowest BCUT2D eigenvalue weighted by Gasteiger charge is -2.37. The Kier molecular flexibility index (Phi) is 6.46. The SMILES string of the molecule is CC1=C(c2cccc3ccccc23)C(N2CCN(C)CC2)C(=C=O)N1c1cncn1Cc1cccc(C)c1. The minimum Gasteiger partial charge on any atom is -0.312 e. The predicted octanol–water partition coefficient (Wildman–Crippen LogP) is 4.98. The third-order valence-corrected chi connectivity index (χ3v) is 7.94. The number of aromatic nitrogens is 2. The minimum atomic E-state index is -0.172. The summed E-state index contributed by atoms with van der Waals surface area (Å²) >= 11 is 0. The molecule has 1 unspecified atom stereocenters. The summed E-state index contributed by atoms with van der Waals surface area (Å²) in [7, 11) is 2.16. The van der Waals surface area contributed by atoms with Crippen LogP contribution in [0.1, 0.15) is 23.6 Å². The lowest BCUT2D eigenvalue weighted by Crippen LogP contribution is -2.50. The second kappa shape index (κ2) is 10.1. The summed E-state index contributed by atoms with van der Waals surface area (Å²) in [6, 6.07) is 23.3. The molecule has 1 atom stereocenters. The lowest BCUT2D eigenvalue weighted by molar-refractivity contribution is 0.146. The van der Waals surface area contributed by atoms with Crippen LogP contribution in [0.25, 0.3) is 16.3 Å². The Balaban J connectivity index is 1.50. The molecule has 38 heavy (non-hydrogen) atoms. The van der Waals surface area contributed by atoms with E-state index < -0.39 is 0 Å². The fourth-order valence-corrected chi connectivity index (χ4v) is 6.02. The number of imidazole rings is 1. The van der Waals surface area contributed by atoms with Gasteiger partial charge in [0.1, 0.15) is 17.5 Å². The van der Waals surface area contributed by atoms with E-state index in [1.165, 1.54) is 33.0 Å². The first-order valence-corrected chi connectivity index (χ1v) is 13.3. The maximum atomic E-state index is 12.8. The van der Waals surface area contributed by atoms with Gasteiger partial charge < -0.3 is 9.47 Å². The van der Waals surface area contributed by atoms with E-state index in [2.05, 4.69) is 118 Å². The zero-order chi connectivity index (χ0) is 26.2. The zero-order valence-electron chi connectivity index (χ0n) is 22.3. The van der Waals surface area contributed by atoms with Gasteiger partial charge in [-0.2, -0.15) is 0 Å². The van der Waals surface area contributed by atoms with Gasteiger partial charge in [0, 0.05) is 37.4 Å². The number of aryl methyl sites for hydroxylation is 1. The Labute approximate surface area is 224 Å². The van der Waals surface area contributed by atoms with Crippen molar-refractivity contribution >= 4 is 28.1 Å². The number of fused-ring (bicyclic) bond motifs is 1. The summed E-state index contributed by atoms with van der Waals surface area (Å²) < 4.78 is 2.13. The van der Waals surface area contributed by atoms with Crippen LogP contribution in [0.3, 0.4) is 0 Å². The Hall–Kier alpha value is -3.96. The molecule has 2 aliphatic heterocycles. The first-order valence-electron chi connectivity index (χ1n) is 13.3. The highest BCUT2D eigenvalue weighted by Crippen LogP contribution is 2.44. The van der Waals surface area contributed by atoms with E-state index in [-0.39, 0.29) is 6.04 Å². The third-order valence-electron chi connectivity index (χ3n) is 7.94. The van der Waals surface area contributed by atoms with Gasteiger partial charge in [-0.05, 0) is 42.8 Å². The molecule has 6 rings (SSSR count). The summed E-state index contributed by atoms with van der Waals surface area (Å²) in [5.41, 5.74) is 6.46. The van der Waals surface area contributed by atoms with E-state index in [0.717, 1.165) is 37.7 Å².